The smallest absolute Gasteiger partial charge is 0.308 e. The number of ether oxygens (including phenoxy) is 4. The maximum atomic E-state index is 14.5. The highest BCUT2D eigenvalue weighted by Crippen LogP contribution is 2.58. The summed E-state index contributed by atoms with van der Waals surface area (Å²) < 4.78 is 42.7. The van der Waals surface area contributed by atoms with Crippen molar-refractivity contribution in [3.8, 4) is 44.5 Å². The number of hydrogen-bond donors (Lipinski definition) is 0. The maximum absolute atomic E-state index is 14.5. The Kier molecular flexibility index (Phi) is 35.4. The summed E-state index contributed by atoms with van der Waals surface area (Å²) in [5.41, 5.74) is 5.10. The number of nitriles is 2. The van der Waals surface area contributed by atoms with Crippen LogP contribution in [0.15, 0.2) is 58.0 Å². The molecule has 6 aromatic rings. The van der Waals surface area contributed by atoms with Crippen molar-refractivity contribution in [1.29, 1.82) is 10.5 Å². The molecule has 6 fully saturated rings. The monoisotopic (exact) mass is 1680 g/mol. The topological polar surface area (TPSA) is 187 Å². The first kappa shape index (κ1) is 89.4. The largest absolute Gasteiger partial charge is 0.486 e. The molecule has 5 heterocycles. The van der Waals surface area contributed by atoms with Crippen molar-refractivity contribution in [1.82, 2.24) is 8.75 Å². The fraction of sp³-hybridized carbons (Fsp3) is 0.653. The molecule has 12 rings (SSSR count). The van der Waals surface area contributed by atoms with E-state index in [1.54, 1.807) is 45.3 Å². The second kappa shape index (κ2) is 46.3. The lowest BCUT2D eigenvalue weighted by molar-refractivity contribution is -0.152. The number of nitrogens with zero attached hydrogens (tertiary/aromatic N) is 6. The molecule has 6 aliphatic carbocycles. The lowest BCUT2D eigenvalue weighted by Gasteiger charge is -2.32. The van der Waals surface area contributed by atoms with Gasteiger partial charge in [-0.05, 0) is 174 Å². The first-order valence-electron chi connectivity index (χ1n) is 46.0. The Morgan fingerprint density at radius 3 is 1.08 bits per heavy atom. The summed E-state index contributed by atoms with van der Waals surface area (Å²) in [5.74, 6) is 0.505. The molecule has 19 heteroatoms. The van der Waals surface area contributed by atoms with E-state index in [0.717, 1.165) is 138 Å². The minimum absolute atomic E-state index is 0.0109. The molecule has 0 spiro atoms. The summed E-state index contributed by atoms with van der Waals surface area (Å²) in [7, 11) is 0. The summed E-state index contributed by atoms with van der Waals surface area (Å²) in [6.45, 7) is 26.0. The second-order valence-electron chi connectivity index (χ2n) is 35.0. The van der Waals surface area contributed by atoms with E-state index in [-0.39, 0.29) is 82.6 Å². The van der Waals surface area contributed by atoms with Gasteiger partial charge < -0.3 is 18.9 Å². The molecule has 5 aromatic heterocycles. The van der Waals surface area contributed by atoms with Crippen LogP contribution in [0.4, 0.5) is 0 Å². The average Bonchev–Trinajstić information content (AvgIpc) is 1.63. The van der Waals surface area contributed by atoms with E-state index in [1.807, 2.05) is 12.2 Å². The molecular weight excluding hydrogens is 1550 g/mol. The van der Waals surface area contributed by atoms with Crippen LogP contribution in [0.5, 0.6) is 11.5 Å². The Labute approximate surface area is 718 Å². The van der Waals surface area contributed by atoms with E-state index >= 15 is 0 Å². The van der Waals surface area contributed by atoms with Gasteiger partial charge in [0.05, 0.1) is 85.4 Å². The second-order valence-corrected chi connectivity index (χ2v) is 39.9. The zero-order valence-corrected chi connectivity index (χ0v) is 74.7. The molecule has 0 radical (unpaired) electrons. The van der Waals surface area contributed by atoms with Gasteiger partial charge in [0.2, 0.25) is 0 Å². The van der Waals surface area contributed by atoms with Crippen molar-refractivity contribution in [3.05, 3.63) is 90.5 Å². The van der Waals surface area contributed by atoms with Gasteiger partial charge in [-0.25, -0.2) is 20.2 Å². The number of hydrogen-bond acceptors (Lipinski definition) is 17. The molecule has 0 N–H and O–H groups in total. The number of rotatable bonds is 46. The number of thiophene rings is 4. The molecule has 1 aromatic carbocycles. The quantitative estimate of drug-likeness (QED) is 0.0116. The fourth-order valence-corrected chi connectivity index (χ4v) is 25.2. The Hall–Kier alpha value is -6.84. The van der Waals surface area contributed by atoms with Crippen LogP contribution < -0.4 is 9.47 Å². The number of esters is 2. The number of benzene rings is 1. The highest BCUT2D eigenvalue weighted by molar-refractivity contribution is 7.30. The third-order valence-electron chi connectivity index (χ3n) is 26.5. The van der Waals surface area contributed by atoms with Crippen molar-refractivity contribution >= 4 is 123 Å². The molecule has 0 aliphatic heterocycles. The normalized spacial score (nSPS) is 22.9. The minimum Gasteiger partial charge on any atom is -0.486 e. The number of unbranched alkanes of at least 4 members (excludes halogenated alkanes) is 24. The average molecular weight is 1680 g/mol. The van der Waals surface area contributed by atoms with Gasteiger partial charge in [0.25, 0.3) is 11.4 Å². The third kappa shape index (κ3) is 23.5. The zero-order valence-electron chi connectivity index (χ0n) is 70.6. The number of carbonyl (C=O) groups is 4. The minimum atomic E-state index is -0.309. The predicted octanol–water partition coefficient (Wildman–Crippen LogP) is 29.3. The van der Waals surface area contributed by atoms with Crippen LogP contribution in [0.1, 0.15) is 346 Å². The van der Waals surface area contributed by atoms with E-state index in [2.05, 4.69) is 73.8 Å². The van der Waals surface area contributed by atoms with E-state index in [4.69, 9.17) is 40.8 Å². The number of ketones is 2. The molecule has 628 valence electrons. The molecule has 117 heavy (non-hydrogen) atoms. The van der Waals surface area contributed by atoms with Gasteiger partial charge in [0, 0.05) is 61.3 Å². The van der Waals surface area contributed by atoms with Crippen molar-refractivity contribution in [2.75, 3.05) is 13.2 Å². The van der Waals surface area contributed by atoms with Gasteiger partial charge >= 0.3 is 11.9 Å². The summed E-state index contributed by atoms with van der Waals surface area (Å²) in [4.78, 5) is 68.5. The molecule has 14 nitrogen and oxygen atoms in total. The molecule has 0 bridgehead atoms. The van der Waals surface area contributed by atoms with Crippen LogP contribution in [0.3, 0.4) is 0 Å². The lowest BCUT2D eigenvalue weighted by Crippen LogP contribution is -2.31. The van der Waals surface area contributed by atoms with Gasteiger partial charge in [-0.15, -0.1) is 45.3 Å². The summed E-state index contributed by atoms with van der Waals surface area (Å²) in [6, 6.07) is 12.9. The van der Waals surface area contributed by atoms with Crippen LogP contribution >= 0.6 is 57.1 Å². The van der Waals surface area contributed by atoms with Gasteiger partial charge in [-0.1, -0.05) is 233 Å². The molecule has 6 aliphatic rings. The lowest BCUT2D eigenvalue weighted by atomic mass is 9.79. The van der Waals surface area contributed by atoms with Gasteiger partial charge in [0.1, 0.15) is 11.0 Å². The summed E-state index contributed by atoms with van der Waals surface area (Å²) in [5, 5.41) is 20.5. The van der Waals surface area contributed by atoms with E-state index < -0.39 is 0 Å². The number of fused-ring (bicyclic) bond motifs is 5. The SMILES string of the molecule is [C-]#[N+]/C(C#N)=C1\C(=C\c2cc3sc(-c4c(OC5CCC(C(=O)OCC(CCCCCCCC)CCCCCCCCCC)CC5)c(OC5CCC(C(=O)OCC(CCCCCCCC)CCCCCCCCCC)CC5)c(-c5cc6sc(/C=C7\C(=O)C8CCCCC8\C7=C(\C#N)[N+]#[C-])cc6s5)c5nsnc45)cc3s2)C(=O)C2CCCCC12. The Bertz CT molecular complexity index is 4230. The fourth-order valence-electron chi connectivity index (χ4n) is 19.8. The van der Waals surface area contributed by atoms with Gasteiger partial charge in [-0.3, -0.25) is 19.2 Å². The highest BCUT2D eigenvalue weighted by atomic mass is 32.1. The molecule has 6 atom stereocenters. The van der Waals surface area contributed by atoms with Crippen molar-refractivity contribution in [2.45, 2.75) is 348 Å². The first-order chi connectivity index (χ1) is 57.4. The van der Waals surface area contributed by atoms with Gasteiger partial charge in [-0.2, -0.15) is 8.75 Å². The summed E-state index contributed by atoms with van der Waals surface area (Å²) in [6.07, 6.45) is 54.6. The number of aromatic nitrogens is 2. The maximum Gasteiger partial charge on any atom is 0.308 e. The summed E-state index contributed by atoms with van der Waals surface area (Å²) >= 11 is 7.53. The Morgan fingerprint density at radius 2 is 0.761 bits per heavy atom. The van der Waals surface area contributed by atoms with E-state index in [1.165, 1.54) is 180 Å². The number of Topliss-reactive ketones (excluding diaryl/α,β-unsaturated/α-hetero) is 2. The van der Waals surface area contributed by atoms with Crippen molar-refractivity contribution in [2.24, 2.45) is 47.3 Å². The standard InChI is InChI=1S/C98H128N6O8S5/c1-7-11-15-19-23-25-29-33-41-65(39-31-27-21-17-13-9-3)63-109-97(107)67-47-51-69(52-48-67)111-95-89(85-59-83-81(115-85)57-71(113-83)55-77-87(79(61-99)101-5)73-43-35-37-45-75(73)93(77)105)91-92(104-117-103-91)90(86-60-84-82(116-86)58-72(114-84)56-78-88(80(62-100)102-6)74-44-36-38-46-76(74)94(78)106)96(95)112-70-53-49-68(50-54-70)98(108)110-64-66(40-32-28-22-18-14-10-4)42-34-30-26-24-20-16-12-8-2/h55-60,65-70,73-76H,7-54,63-64H2,1-4H3/b77-55-,78-56-,87-79-,88-80+. The molecule has 0 amide bonds. The highest BCUT2D eigenvalue weighted by Gasteiger charge is 2.47. The van der Waals surface area contributed by atoms with E-state index in [0.29, 0.717) is 121 Å². The first-order valence-corrected chi connectivity index (χ1v) is 50.0. The van der Waals surface area contributed by atoms with Crippen LogP contribution in [0.2, 0.25) is 0 Å². The Balaban J connectivity index is 0.869. The molecule has 6 unspecified atom stereocenters. The van der Waals surface area contributed by atoms with E-state index in [9.17, 15) is 29.7 Å². The van der Waals surface area contributed by atoms with Crippen molar-refractivity contribution in [3.63, 3.8) is 0 Å². The van der Waals surface area contributed by atoms with Crippen LogP contribution in [0.25, 0.3) is 72.6 Å². The molecule has 0 saturated heterocycles. The number of carbonyl (C=O) groups excluding carboxylic acids is 4. The van der Waals surface area contributed by atoms with Crippen LogP contribution in [-0.2, 0) is 28.7 Å². The van der Waals surface area contributed by atoms with Crippen LogP contribution in [-0.4, -0.2) is 57.7 Å². The van der Waals surface area contributed by atoms with Crippen LogP contribution in [0, 0.1) is 83.1 Å². The third-order valence-corrected chi connectivity index (χ3v) is 31.6. The zero-order chi connectivity index (χ0) is 81.8. The molecule has 6 saturated carbocycles. The molecular formula is C98H128N6O8S5. The van der Waals surface area contributed by atoms with Crippen molar-refractivity contribution < 1.29 is 38.1 Å². The predicted molar refractivity (Wildman–Crippen MR) is 482 cm³/mol. The number of allylic oxidation sites excluding steroid dienone is 6. The Morgan fingerprint density at radius 1 is 0.444 bits per heavy atom. The van der Waals surface area contributed by atoms with Gasteiger partial charge in [0.15, 0.2) is 23.1 Å².